The average molecular weight is 250 g/mol. The third-order valence-electron chi connectivity index (χ3n) is 4.11. The van der Waals surface area contributed by atoms with Gasteiger partial charge in [-0.25, -0.2) is 0 Å². The van der Waals surface area contributed by atoms with E-state index < -0.39 is 6.10 Å². The number of likely N-dealkylation sites (tertiary alicyclic amines) is 1. The van der Waals surface area contributed by atoms with Gasteiger partial charge in [0.05, 0.1) is 0 Å². The van der Waals surface area contributed by atoms with Gasteiger partial charge < -0.3 is 14.6 Å². The molecule has 0 aliphatic carbocycles. The summed E-state index contributed by atoms with van der Waals surface area (Å²) < 4.78 is 2.12. The number of hydrogen-bond acceptors (Lipinski definition) is 4. The normalized spacial score (nSPS) is 25.1. The zero-order valence-electron chi connectivity index (χ0n) is 10.9. The van der Waals surface area contributed by atoms with Crippen LogP contribution in [-0.2, 0) is 13.0 Å². The molecule has 1 aromatic rings. The van der Waals surface area contributed by atoms with Crippen molar-refractivity contribution in [2.75, 3.05) is 19.6 Å². The monoisotopic (exact) mass is 250 g/mol. The molecule has 3 rings (SSSR count). The topological polar surface area (TPSA) is 54.2 Å². The number of piperidine rings is 1. The summed E-state index contributed by atoms with van der Waals surface area (Å²) in [5, 5.41) is 18.3. The number of hydrogen-bond donors (Lipinski definition) is 1. The van der Waals surface area contributed by atoms with Gasteiger partial charge in [-0.1, -0.05) is 6.42 Å². The highest BCUT2D eigenvalue weighted by Gasteiger charge is 2.23. The lowest BCUT2D eigenvalue weighted by Gasteiger charge is -2.26. The van der Waals surface area contributed by atoms with E-state index in [9.17, 15) is 5.11 Å². The fraction of sp³-hybridized carbons (Fsp3) is 0.846. The van der Waals surface area contributed by atoms with Gasteiger partial charge in [0.25, 0.3) is 0 Å². The number of fused-ring (bicyclic) bond motifs is 1. The van der Waals surface area contributed by atoms with Crippen molar-refractivity contribution in [3.8, 4) is 0 Å². The first-order chi connectivity index (χ1) is 8.84. The quantitative estimate of drug-likeness (QED) is 0.874. The third-order valence-corrected chi connectivity index (χ3v) is 4.11. The van der Waals surface area contributed by atoms with E-state index in [0.29, 0.717) is 0 Å². The average Bonchev–Trinajstić information content (AvgIpc) is 2.82. The van der Waals surface area contributed by atoms with Gasteiger partial charge in [0, 0.05) is 19.5 Å². The highest BCUT2D eigenvalue weighted by molar-refractivity contribution is 5.02. The van der Waals surface area contributed by atoms with E-state index in [2.05, 4.69) is 19.7 Å². The maximum absolute atomic E-state index is 9.86. The van der Waals surface area contributed by atoms with Crippen LogP contribution >= 0.6 is 0 Å². The lowest BCUT2D eigenvalue weighted by atomic mass is 10.1. The molecule has 3 heterocycles. The number of aromatic nitrogens is 3. The van der Waals surface area contributed by atoms with Gasteiger partial charge in [-0.05, 0) is 38.8 Å². The first-order valence-corrected chi connectivity index (χ1v) is 7.17. The standard InChI is InChI=1S/C13H22N4O/c18-11-5-4-9-17-12(14-15-13(11)17)6-10-16-7-2-1-3-8-16/h11,18H,1-10H2. The van der Waals surface area contributed by atoms with E-state index in [1.54, 1.807) is 0 Å². The Bertz CT molecular complexity index is 398. The van der Waals surface area contributed by atoms with E-state index in [-0.39, 0.29) is 0 Å². The molecule has 2 aliphatic heterocycles. The molecule has 0 amide bonds. The lowest BCUT2D eigenvalue weighted by molar-refractivity contribution is 0.132. The molecule has 18 heavy (non-hydrogen) atoms. The van der Waals surface area contributed by atoms with Crippen LogP contribution < -0.4 is 0 Å². The number of aliphatic hydroxyl groups excluding tert-OH is 1. The van der Waals surface area contributed by atoms with E-state index in [1.807, 2.05) is 0 Å². The molecule has 2 aliphatic rings. The maximum Gasteiger partial charge on any atom is 0.161 e. The van der Waals surface area contributed by atoms with Crippen LogP contribution in [0.2, 0.25) is 0 Å². The van der Waals surface area contributed by atoms with Crippen molar-refractivity contribution in [2.45, 2.75) is 51.2 Å². The number of aliphatic hydroxyl groups is 1. The van der Waals surface area contributed by atoms with Gasteiger partial charge in [-0.2, -0.15) is 0 Å². The third kappa shape index (κ3) is 2.42. The molecule has 1 atom stereocenters. The Kier molecular flexibility index (Phi) is 3.61. The molecule has 0 radical (unpaired) electrons. The molecule has 0 aromatic carbocycles. The van der Waals surface area contributed by atoms with Gasteiger partial charge in [-0.15, -0.1) is 10.2 Å². The van der Waals surface area contributed by atoms with Crippen molar-refractivity contribution in [1.82, 2.24) is 19.7 Å². The minimum Gasteiger partial charge on any atom is -0.385 e. The maximum atomic E-state index is 9.86. The van der Waals surface area contributed by atoms with Gasteiger partial charge >= 0.3 is 0 Å². The van der Waals surface area contributed by atoms with Gasteiger partial charge in [0.15, 0.2) is 5.82 Å². The van der Waals surface area contributed by atoms with Crippen LogP contribution in [0.15, 0.2) is 0 Å². The summed E-state index contributed by atoms with van der Waals surface area (Å²) in [5.74, 6) is 1.82. The summed E-state index contributed by atoms with van der Waals surface area (Å²) in [6.07, 6.45) is 6.44. The number of rotatable bonds is 3. The van der Waals surface area contributed by atoms with Crippen molar-refractivity contribution in [2.24, 2.45) is 0 Å². The van der Waals surface area contributed by atoms with Gasteiger partial charge in [-0.3, -0.25) is 0 Å². The molecular weight excluding hydrogens is 228 g/mol. The second kappa shape index (κ2) is 5.36. The van der Waals surface area contributed by atoms with Crippen LogP contribution in [0.25, 0.3) is 0 Å². The summed E-state index contributed by atoms with van der Waals surface area (Å²) in [5.41, 5.74) is 0. The van der Waals surface area contributed by atoms with Crippen molar-refractivity contribution in [1.29, 1.82) is 0 Å². The summed E-state index contributed by atoms with van der Waals surface area (Å²) in [6.45, 7) is 4.50. The molecule has 0 bridgehead atoms. The molecule has 1 unspecified atom stereocenters. The summed E-state index contributed by atoms with van der Waals surface area (Å²) in [4.78, 5) is 2.52. The fourth-order valence-corrected chi connectivity index (χ4v) is 3.04. The smallest absolute Gasteiger partial charge is 0.161 e. The Morgan fingerprint density at radius 2 is 1.89 bits per heavy atom. The fourth-order valence-electron chi connectivity index (χ4n) is 3.04. The molecule has 5 heteroatoms. The Morgan fingerprint density at radius 3 is 2.72 bits per heavy atom. The van der Waals surface area contributed by atoms with Crippen LogP contribution in [0.4, 0.5) is 0 Å². The second-order valence-corrected chi connectivity index (χ2v) is 5.44. The lowest BCUT2D eigenvalue weighted by Crippen LogP contribution is -2.32. The van der Waals surface area contributed by atoms with Crippen LogP contribution in [0.3, 0.4) is 0 Å². The molecule has 0 spiro atoms. The Hall–Kier alpha value is -0.940. The zero-order chi connectivity index (χ0) is 12.4. The highest BCUT2D eigenvalue weighted by atomic mass is 16.3. The van der Waals surface area contributed by atoms with E-state index in [0.717, 1.165) is 44.0 Å². The molecule has 100 valence electrons. The molecule has 1 saturated heterocycles. The van der Waals surface area contributed by atoms with Crippen molar-refractivity contribution < 1.29 is 5.11 Å². The van der Waals surface area contributed by atoms with Gasteiger partial charge in [0.1, 0.15) is 11.9 Å². The van der Waals surface area contributed by atoms with Crippen molar-refractivity contribution in [3.63, 3.8) is 0 Å². The first kappa shape index (κ1) is 12.1. The van der Waals surface area contributed by atoms with Crippen LogP contribution in [0.5, 0.6) is 0 Å². The summed E-state index contributed by atoms with van der Waals surface area (Å²) in [7, 11) is 0. The summed E-state index contributed by atoms with van der Waals surface area (Å²) in [6, 6.07) is 0. The number of nitrogens with zero attached hydrogens (tertiary/aromatic N) is 4. The molecule has 0 saturated carbocycles. The van der Waals surface area contributed by atoms with Crippen LogP contribution in [0, 0.1) is 0 Å². The molecular formula is C13H22N4O. The van der Waals surface area contributed by atoms with E-state index >= 15 is 0 Å². The Labute approximate surface area is 108 Å². The first-order valence-electron chi connectivity index (χ1n) is 7.17. The van der Waals surface area contributed by atoms with E-state index in [1.165, 1.54) is 32.4 Å². The SMILES string of the molecule is OC1CCCn2c(CCN3CCCCC3)nnc21. The Morgan fingerprint density at radius 1 is 1.06 bits per heavy atom. The second-order valence-electron chi connectivity index (χ2n) is 5.44. The predicted molar refractivity (Wildman–Crippen MR) is 68.2 cm³/mol. The molecule has 5 nitrogen and oxygen atoms in total. The van der Waals surface area contributed by atoms with Crippen molar-refractivity contribution >= 4 is 0 Å². The van der Waals surface area contributed by atoms with Crippen molar-refractivity contribution in [3.05, 3.63) is 11.6 Å². The summed E-state index contributed by atoms with van der Waals surface area (Å²) >= 11 is 0. The van der Waals surface area contributed by atoms with Gasteiger partial charge in [0.2, 0.25) is 0 Å². The minimum absolute atomic E-state index is 0.407. The predicted octanol–water partition coefficient (Wildman–Crippen LogP) is 1.13. The Balaban J connectivity index is 1.62. The van der Waals surface area contributed by atoms with Crippen LogP contribution in [0.1, 0.15) is 49.9 Å². The van der Waals surface area contributed by atoms with Crippen LogP contribution in [-0.4, -0.2) is 44.4 Å². The highest BCUT2D eigenvalue weighted by Crippen LogP contribution is 2.24. The molecule has 1 aromatic heterocycles. The largest absolute Gasteiger partial charge is 0.385 e. The molecule has 1 N–H and O–H groups in total. The minimum atomic E-state index is -0.407. The molecule has 1 fully saturated rings. The van der Waals surface area contributed by atoms with E-state index in [4.69, 9.17) is 0 Å². The zero-order valence-corrected chi connectivity index (χ0v) is 10.9.